The Morgan fingerprint density at radius 2 is 2.17 bits per heavy atom. The molecule has 0 amide bonds. The minimum absolute atomic E-state index is 0.132. The number of ether oxygens (including phenoxy) is 2. The molecule has 1 saturated heterocycles. The van der Waals surface area contributed by atoms with E-state index >= 15 is 0 Å². The highest BCUT2D eigenvalue weighted by atomic mass is 19.4. The van der Waals surface area contributed by atoms with E-state index in [1.54, 1.807) is 6.92 Å². The number of alkyl halides is 3. The number of hydrogen-bond acceptors (Lipinski definition) is 4. The SMILES string of the molecule is CCOC(=O)[C@@H]1CCCN(CCOc2cccc(C(F)(F)F)c2)C1. The maximum absolute atomic E-state index is 12.7. The second kappa shape index (κ2) is 8.37. The van der Waals surface area contributed by atoms with E-state index in [0.717, 1.165) is 31.5 Å². The molecule has 0 spiro atoms. The molecule has 0 radical (unpaired) electrons. The van der Waals surface area contributed by atoms with Crippen molar-refractivity contribution in [3.05, 3.63) is 29.8 Å². The van der Waals surface area contributed by atoms with Gasteiger partial charge in [0.25, 0.3) is 0 Å². The topological polar surface area (TPSA) is 38.8 Å². The fourth-order valence-electron chi connectivity index (χ4n) is 2.77. The maximum atomic E-state index is 12.7. The first kappa shape index (κ1) is 18.6. The van der Waals surface area contributed by atoms with Gasteiger partial charge >= 0.3 is 12.1 Å². The molecule has 2 rings (SSSR count). The predicted molar refractivity (Wildman–Crippen MR) is 82.7 cm³/mol. The van der Waals surface area contributed by atoms with E-state index < -0.39 is 11.7 Å². The molecule has 0 aliphatic carbocycles. The van der Waals surface area contributed by atoms with Gasteiger partial charge < -0.3 is 9.47 Å². The van der Waals surface area contributed by atoms with Gasteiger partial charge in [-0.05, 0) is 44.5 Å². The van der Waals surface area contributed by atoms with E-state index in [1.807, 2.05) is 0 Å². The lowest BCUT2D eigenvalue weighted by atomic mass is 9.98. The average Bonchev–Trinajstić information content (AvgIpc) is 2.55. The van der Waals surface area contributed by atoms with Gasteiger partial charge in [0.1, 0.15) is 12.4 Å². The highest BCUT2D eigenvalue weighted by molar-refractivity contribution is 5.72. The van der Waals surface area contributed by atoms with Gasteiger partial charge in [0, 0.05) is 13.1 Å². The van der Waals surface area contributed by atoms with Crippen LogP contribution in [0.1, 0.15) is 25.3 Å². The van der Waals surface area contributed by atoms with E-state index in [2.05, 4.69) is 4.90 Å². The minimum atomic E-state index is -4.38. The number of esters is 1. The zero-order chi connectivity index (χ0) is 17.6. The standard InChI is InChI=1S/C17H22F3NO3/c1-2-23-16(22)13-5-4-8-21(12-13)9-10-24-15-7-3-6-14(11-15)17(18,19)20/h3,6-7,11,13H,2,4-5,8-10,12H2,1H3/t13-/m1/s1. The number of hydrogen-bond donors (Lipinski definition) is 0. The van der Waals surface area contributed by atoms with Gasteiger partial charge in [-0.3, -0.25) is 9.69 Å². The van der Waals surface area contributed by atoms with Crippen LogP contribution in [0.15, 0.2) is 24.3 Å². The number of halogens is 3. The molecule has 7 heteroatoms. The monoisotopic (exact) mass is 345 g/mol. The molecule has 0 unspecified atom stereocenters. The van der Waals surface area contributed by atoms with Gasteiger partial charge in [0.15, 0.2) is 0 Å². The minimum Gasteiger partial charge on any atom is -0.492 e. The Balaban J connectivity index is 1.80. The number of likely N-dealkylation sites (tertiary alicyclic amines) is 1. The highest BCUT2D eigenvalue weighted by Crippen LogP contribution is 2.31. The van der Waals surface area contributed by atoms with E-state index in [9.17, 15) is 18.0 Å². The van der Waals surface area contributed by atoms with Crippen molar-refractivity contribution in [3.8, 4) is 5.75 Å². The second-order valence-electron chi connectivity index (χ2n) is 5.77. The Kier molecular flexibility index (Phi) is 6.48. The van der Waals surface area contributed by atoms with Gasteiger partial charge in [-0.1, -0.05) is 6.07 Å². The van der Waals surface area contributed by atoms with Crippen LogP contribution in [-0.2, 0) is 15.7 Å². The molecule has 0 N–H and O–H groups in total. The molecule has 134 valence electrons. The fraction of sp³-hybridized carbons (Fsp3) is 0.588. The third-order valence-electron chi connectivity index (χ3n) is 3.96. The molecular weight excluding hydrogens is 323 g/mol. The molecule has 1 atom stereocenters. The molecule has 1 aromatic rings. The number of carbonyl (C=O) groups excluding carboxylic acids is 1. The number of carbonyl (C=O) groups is 1. The summed E-state index contributed by atoms with van der Waals surface area (Å²) in [6, 6.07) is 4.85. The van der Waals surface area contributed by atoms with Crippen molar-refractivity contribution in [1.82, 2.24) is 4.90 Å². The lowest BCUT2D eigenvalue weighted by molar-refractivity contribution is -0.150. The Morgan fingerprint density at radius 1 is 1.38 bits per heavy atom. The third-order valence-corrected chi connectivity index (χ3v) is 3.96. The van der Waals surface area contributed by atoms with Crippen LogP contribution in [0.5, 0.6) is 5.75 Å². The van der Waals surface area contributed by atoms with Crippen LogP contribution in [0.3, 0.4) is 0 Å². The van der Waals surface area contributed by atoms with Crippen molar-refractivity contribution in [1.29, 1.82) is 0 Å². The van der Waals surface area contributed by atoms with Crippen LogP contribution in [-0.4, -0.2) is 43.7 Å². The zero-order valence-corrected chi connectivity index (χ0v) is 13.6. The van der Waals surface area contributed by atoms with E-state index in [4.69, 9.17) is 9.47 Å². The maximum Gasteiger partial charge on any atom is 0.416 e. The Hall–Kier alpha value is -1.76. The van der Waals surface area contributed by atoms with Crippen molar-refractivity contribution < 1.29 is 27.4 Å². The molecule has 1 fully saturated rings. The third kappa shape index (κ3) is 5.40. The van der Waals surface area contributed by atoms with E-state index in [1.165, 1.54) is 12.1 Å². The molecule has 0 aromatic heterocycles. The summed E-state index contributed by atoms with van der Waals surface area (Å²) in [6.45, 7) is 4.44. The van der Waals surface area contributed by atoms with Crippen LogP contribution in [0, 0.1) is 5.92 Å². The van der Waals surface area contributed by atoms with Crippen LogP contribution in [0.2, 0.25) is 0 Å². The van der Waals surface area contributed by atoms with Gasteiger partial charge in [0.05, 0.1) is 18.1 Å². The zero-order valence-electron chi connectivity index (χ0n) is 13.6. The fourth-order valence-corrected chi connectivity index (χ4v) is 2.77. The molecule has 4 nitrogen and oxygen atoms in total. The summed E-state index contributed by atoms with van der Waals surface area (Å²) in [4.78, 5) is 13.9. The van der Waals surface area contributed by atoms with Gasteiger partial charge in [-0.15, -0.1) is 0 Å². The molecular formula is C17H22F3NO3. The Bertz CT molecular complexity index is 548. The smallest absolute Gasteiger partial charge is 0.416 e. The number of piperidine rings is 1. The first-order valence-electron chi connectivity index (χ1n) is 8.09. The first-order valence-corrected chi connectivity index (χ1v) is 8.09. The summed E-state index contributed by atoms with van der Waals surface area (Å²) < 4.78 is 48.4. The molecule has 1 aromatic carbocycles. The predicted octanol–water partition coefficient (Wildman–Crippen LogP) is 3.36. The lowest BCUT2D eigenvalue weighted by Gasteiger charge is -2.31. The van der Waals surface area contributed by atoms with Crippen LogP contribution < -0.4 is 4.74 Å². The molecule has 1 aliphatic rings. The molecule has 24 heavy (non-hydrogen) atoms. The van der Waals surface area contributed by atoms with Crippen LogP contribution in [0.25, 0.3) is 0 Å². The highest BCUT2D eigenvalue weighted by Gasteiger charge is 2.30. The quantitative estimate of drug-likeness (QED) is 0.741. The average molecular weight is 345 g/mol. The van der Waals surface area contributed by atoms with Gasteiger partial charge in [0.2, 0.25) is 0 Å². The summed E-state index contributed by atoms with van der Waals surface area (Å²) in [5.41, 5.74) is -0.722. The molecule has 1 aliphatic heterocycles. The van der Waals surface area contributed by atoms with Crippen LogP contribution >= 0.6 is 0 Å². The van der Waals surface area contributed by atoms with Gasteiger partial charge in [-0.2, -0.15) is 13.2 Å². The Labute approximate surface area is 139 Å². The number of benzene rings is 1. The van der Waals surface area contributed by atoms with Gasteiger partial charge in [-0.25, -0.2) is 0 Å². The van der Waals surface area contributed by atoms with Crippen molar-refractivity contribution in [2.45, 2.75) is 25.9 Å². The van der Waals surface area contributed by atoms with E-state index in [-0.39, 0.29) is 24.2 Å². The summed E-state index contributed by atoms with van der Waals surface area (Å²) in [5, 5.41) is 0. The second-order valence-corrected chi connectivity index (χ2v) is 5.77. The van der Waals surface area contributed by atoms with Crippen LogP contribution in [0.4, 0.5) is 13.2 Å². The molecule has 1 heterocycles. The van der Waals surface area contributed by atoms with Crippen molar-refractivity contribution in [2.75, 3.05) is 32.8 Å². The van der Waals surface area contributed by atoms with E-state index in [0.29, 0.717) is 19.7 Å². The molecule has 0 bridgehead atoms. The summed E-state index contributed by atoms with van der Waals surface area (Å²) >= 11 is 0. The summed E-state index contributed by atoms with van der Waals surface area (Å²) in [7, 11) is 0. The number of rotatable bonds is 6. The number of nitrogens with zero attached hydrogens (tertiary/aromatic N) is 1. The summed E-state index contributed by atoms with van der Waals surface area (Å²) in [6.07, 6.45) is -2.67. The van der Waals surface area contributed by atoms with Crippen molar-refractivity contribution in [2.24, 2.45) is 5.92 Å². The van der Waals surface area contributed by atoms with Crippen molar-refractivity contribution >= 4 is 5.97 Å². The largest absolute Gasteiger partial charge is 0.492 e. The summed E-state index contributed by atoms with van der Waals surface area (Å²) in [5.74, 6) is -0.114. The Morgan fingerprint density at radius 3 is 2.88 bits per heavy atom. The molecule has 0 saturated carbocycles. The normalized spacial score (nSPS) is 19.1. The first-order chi connectivity index (χ1) is 11.4. The van der Waals surface area contributed by atoms with Crippen molar-refractivity contribution in [3.63, 3.8) is 0 Å². The lowest BCUT2D eigenvalue weighted by Crippen LogP contribution is -2.41.